The number of hydrogen-bond acceptors (Lipinski definition) is 3. The molecule has 0 amide bonds. The Balaban J connectivity index is 1.86. The van der Waals surface area contributed by atoms with Crippen molar-refractivity contribution in [3.8, 4) is 11.3 Å². The fourth-order valence-electron chi connectivity index (χ4n) is 2.10. The second-order valence-electron chi connectivity index (χ2n) is 4.45. The Kier molecular flexibility index (Phi) is 1.87. The topological polar surface area (TPSA) is 41.6 Å². The summed E-state index contributed by atoms with van der Waals surface area (Å²) in [6, 6.07) is 4.05. The van der Waals surface area contributed by atoms with E-state index in [4.69, 9.17) is 4.98 Å². The largest absolute Gasteiger partial charge is 0.345 e. The van der Waals surface area contributed by atoms with Crippen molar-refractivity contribution in [2.45, 2.75) is 18.8 Å². The van der Waals surface area contributed by atoms with E-state index in [1.54, 1.807) is 17.5 Å². The molecule has 17 heavy (non-hydrogen) atoms. The summed E-state index contributed by atoms with van der Waals surface area (Å²) in [5.41, 5.74) is 3.18. The number of thiazole rings is 1. The number of rotatable bonds is 2. The van der Waals surface area contributed by atoms with Crippen LogP contribution in [0.15, 0.2) is 29.9 Å². The first kappa shape index (κ1) is 9.36. The third kappa shape index (κ3) is 1.48. The zero-order chi connectivity index (χ0) is 11.2. The molecular weight excluding hydrogens is 230 g/mol. The van der Waals surface area contributed by atoms with Crippen molar-refractivity contribution in [3.05, 3.63) is 34.9 Å². The highest BCUT2D eigenvalue weighted by Gasteiger charge is 2.27. The summed E-state index contributed by atoms with van der Waals surface area (Å²) >= 11 is 1.78. The first-order valence-corrected chi connectivity index (χ1v) is 6.68. The smallest absolute Gasteiger partial charge is 0.137 e. The van der Waals surface area contributed by atoms with Gasteiger partial charge in [0, 0.05) is 34.6 Å². The van der Waals surface area contributed by atoms with Gasteiger partial charge in [-0.05, 0) is 25.0 Å². The van der Waals surface area contributed by atoms with E-state index in [2.05, 4.69) is 21.4 Å². The minimum Gasteiger partial charge on any atom is -0.345 e. The zero-order valence-corrected chi connectivity index (χ0v) is 10.00. The minimum atomic E-state index is 0.733. The van der Waals surface area contributed by atoms with E-state index in [1.165, 1.54) is 17.8 Å². The first-order valence-electron chi connectivity index (χ1n) is 5.80. The number of H-pyrrole nitrogens is 1. The normalized spacial score (nSPS) is 15.5. The fourth-order valence-corrected chi connectivity index (χ4v) is 3.09. The molecule has 0 aromatic carbocycles. The zero-order valence-electron chi connectivity index (χ0n) is 9.18. The predicted molar refractivity (Wildman–Crippen MR) is 69.2 cm³/mol. The second-order valence-corrected chi connectivity index (χ2v) is 5.34. The number of aromatic amines is 1. The van der Waals surface area contributed by atoms with Gasteiger partial charge in [0.1, 0.15) is 5.65 Å². The number of nitrogens with zero attached hydrogens (tertiary/aromatic N) is 2. The van der Waals surface area contributed by atoms with Gasteiger partial charge in [-0.25, -0.2) is 9.97 Å². The van der Waals surface area contributed by atoms with Crippen molar-refractivity contribution in [2.24, 2.45) is 0 Å². The van der Waals surface area contributed by atoms with E-state index < -0.39 is 0 Å². The van der Waals surface area contributed by atoms with Crippen LogP contribution in [0.25, 0.3) is 22.3 Å². The number of nitrogens with one attached hydrogen (secondary N) is 1. The van der Waals surface area contributed by atoms with Crippen LogP contribution in [-0.4, -0.2) is 15.0 Å². The van der Waals surface area contributed by atoms with Crippen LogP contribution in [0, 0.1) is 0 Å². The maximum atomic E-state index is 4.74. The lowest BCUT2D eigenvalue weighted by molar-refractivity contribution is 1.09. The van der Waals surface area contributed by atoms with E-state index in [1.807, 2.05) is 12.3 Å². The summed E-state index contributed by atoms with van der Waals surface area (Å²) < 4.78 is 0. The monoisotopic (exact) mass is 241 g/mol. The average Bonchev–Trinajstić information content (AvgIpc) is 2.95. The summed E-state index contributed by atoms with van der Waals surface area (Å²) in [6.07, 6.45) is 6.42. The Bertz CT molecular complexity index is 679. The van der Waals surface area contributed by atoms with Gasteiger partial charge in [0.05, 0.1) is 10.7 Å². The van der Waals surface area contributed by atoms with Gasteiger partial charge in [0.2, 0.25) is 0 Å². The Labute approximate surface area is 103 Å². The van der Waals surface area contributed by atoms with Gasteiger partial charge >= 0.3 is 0 Å². The Morgan fingerprint density at radius 2 is 2.29 bits per heavy atom. The molecule has 0 spiro atoms. The van der Waals surface area contributed by atoms with Crippen molar-refractivity contribution in [3.63, 3.8) is 0 Å². The third-order valence-corrected chi connectivity index (χ3v) is 4.18. The Morgan fingerprint density at radius 1 is 1.35 bits per heavy atom. The van der Waals surface area contributed by atoms with Crippen molar-refractivity contribution < 1.29 is 0 Å². The highest BCUT2D eigenvalue weighted by molar-refractivity contribution is 7.10. The standard InChI is InChI=1S/C13H11N3S/c1-2-9-10(6-15-12(9)14-5-1)11-7-17-13(16-11)8-3-4-8/h1-2,5-8H,3-4H2,(H,14,15). The molecule has 0 bridgehead atoms. The van der Waals surface area contributed by atoms with Crippen molar-refractivity contribution >= 4 is 22.4 Å². The molecule has 3 aromatic heterocycles. The van der Waals surface area contributed by atoms with Gasteiger partial charge in [0.15, 0.2) is 0 Å². The van der Waals surface area contributed by atoms with Crippen LogP contribution in [0.3, 0.4) is 0 Å². The molecule has 3 nitrogen and oxygen atoms in total. The first-order chi connectivity index (χ1) is 8.42. The molecular formula is C13H11N3S. The molecule has 4 rings (SSSR count). The molecule has 0 aliphatic heterocycles. The third-order valence-electron chi connectivity index (χ3n) is 3.18. The quantitative estimate of drug-likeness (QED) is 0.745. The SMILES string of the molecule is c1cnc2[nH]cc(-c3csc(C4CC4)n3)c2c1. The molecule has 1 saturated carbocycles. The summed E-state index contributed by atoms with van der Waals surface area (Å²) in [6.45, 7) is 0. The van der Waals surface area contributed by atoms with Gasteiger partial charge in [-0.15, -0.1) is 11.3 Å². The molecule has 3 aromatic rings. The van der Waals surface area contributed by atoms with Gasteiger partial charge in [-0.2, -0.15) is 0 Å². The summed E-state index contributed by atoms with van der Waals surface area (Å²) in [7, 11) is 0. The molecule has 84 valence electrons. The van der Waals surface area contributed by atoms with Crippen LogP contribution in [-0.2, 0) is 0 Å². The highest BCUT2D eigenvalue weighted by atomic mass is 32.1. The van der Waals surface area contributed by atoms with Crippen LogP contribution in [0.4, 0.5) is 0 Å². The number of fused-ring (bicyclic) bond motifs is 1. The lowest BCUT2D eigenvalue weighted by Gasteiger charge is -1.93. The fraction of sp³-hybridized carbons (Fsp3) is 0.231. The van der Waals surface area contributed by atoms with Crippen LogP contribution >= 0.6 is 11.3 Å². The molecule has 3 heterocycles. The van der Waals surface area contributed by atoms with Gasteiger partial charge < -0.3 is 4.98 Å². The molecule has 4 heteroatoms. The minimum absolute atomic E-state index is 0.733. The van der Waals surface area contributed by atoms with Crippen LogP contribution in [0.2, 0.25) is 0 Å². The molecule has 0 saturated heterocycles. The molecule has 0 unspecified atom stereocenters. The summed E-state index contributed by atoms with van der Waals surface area (Å²) in [5, 5.41) is 4.60. The van der Waals surface area contributed by atoms with Gasteiger partial charge in [0.25, 0.3) is 0 Å². The predicted octanol–water partition coefficient (Wildman–Crippen LogP) is 3.56. The van der Waals surface area contributed by atoms with Crippen molar-refractivity contribution in [1.29, 1.82) is 0 Å². The number of pyridine rings is 1. The van der Waals surface area contributed by atoms with Crippen LogP contribution < -0.4 is 0 Å². The van der Waals surface area contributed by atoms with E-state index in [0.29, 0.717) is 0 Å². The molecule has 1 fully saturated rings. The van der Waals surface area contributed by atoms with E-state index in [0.717, 1.165) is 28.2 Å². The second kappa shape index (κ2) is 3.40. The lowest BCUT2D eigenvalue weighted by atomic mass is 10.2. The highest BCUT2D eigenvalue weighted by Crippen LogP contribution is 2.42. The Hall–Kier alpha value is -1.68. The Morgan fingerprint density at radius 3 is 3.18 bits per heavy atom. The van der Waals surface area contributed by atoms with Crippen LogP contribution in [0.5, 0.6) is 0 Å². The molecule has 1 N–H and O–H groups in total. The van der Waals surface area contributed by atoms with Crippen molar-refractivity contribution in [1.82, 2.24) is 15.0 Å². The van der Waals surface area contributed by atoms with Gasteiger partial charge in [-0.1, -0.05) is 0 Å². The summed E-state index contributed by atoms with van der Waals surface area (Å²) in [4.78, 5) is 12.2. The van der Waals surface area contributed by atoms with Gasteiger partial charge in [-0.3, -0.25) is 0 Å². The van der Waals surface area contributed by atoms with Crippen LogP contribution in [0.1, 0.15) is 23.8 Å². The summed E-state index contributed by atoms with van der Waals surface area (Å²) in [5.74, 6) is 0.733. The molecule has 1 aliphatic carbocycles. The van der Waals surface area contributed by atoms with E-state index in [9.17, 15) is 0 Å². The number of hydrogen-bond donors (Lipinski definition) is 1. The van der Waals surface area contributed by atoms with E-state index in [-0.39, 0.29) is 0 Å². The number of aromatic nitrogens is 3. The van der Waals surface area contributed by atoms with E-state index >= 15 is 0 Å². The maximum absolute atomic E-state index is 4.74. The average molecular weight is 241 g/mol. The van der Waals surface area contributed by atoms with Crippen molar-refractivity contribution in [2.75, 3.05) is 0 Å². The molecule has 1 aliphatic rings. The molecule has 0 radical (unpaired) electrons. The molecule has 0 atom stereocenters. The maximum Gasteiger partial charge on any atom is 0.137 e. The lowest BCUT2D eigenvalue weighted by Crippen LogP contribution is -1.79.